The van der Waals surface area contributed by atoms with E-state index in [2.05, 4.69) is 57.3 Å². The standard InChI is InChI=1S/C28H29Cl2N5O2.C27H27Cl2N5O2.C26H25Cl2N5O2.C23H19Cl2FN4O2/c1-34(2)24-17-21(30)16-23(28(37)32-22-12-10-20(29)11-13-22)25(24)33-27(36)19-8-6-18(7-9-19)26(31)35-14-4-3-5-15-35;1-33(2)23-16-20(29)15-22(27(36)31-21-11-9-19(28)10-12-21)24(23)32-26(35)18-7-5-17(6-8-18)25(30)34-13-3-4-14-34;1-32(2)22-15-19(28)14-21(26(35)30-20-10-8-18(27)9-11-20)23(22)31-25(34)17-6-4-16(5-7-17)24-29-12-13-33(24)3;1-30(2)21(27)13-3-9-17(19(26)11-13)22(31)29-20-10-6-15(25)12-18(20)23(32)28-16-7-4-14(24)5-8-16/h6-13,16-17,31H,3-5,14-15H2,1-2H3,(H,32,37)(H,33,36);5-12,15-16,30H,3-4,13-14H2,1-2H3,(H,31,36)(H,32,35);4-11,14-15H,12-13H2,1-3H3,(H,30,35)(H,31,34);3-12,27H,1-2H3,(H,28,32)(H,29,31). The quantitative estimate of drug-likeness (QED) is 0.0209. The van der Waals surface area contributed by atoms with Gasteiger partial charge in [0.25, 0.3) is 47.3 Å². The van der Waals surface area contributed by atoms with Gasteiger partial charge in [0.1, 0.15) is 29.2 Å². The van der Waals surface area contributed by atoms with Crippen molar-refractivity contribution in [3.05, 3.63) is 355 Å². The second-order valence-corrected chi connectivity index (χ2v) is 36.8. The van der Waals surface area contributed by atoms with Gasteiger partial charge in [0.15, 0.2) is 0 Å². The van der Waals surface area contributed by atoms with Crippen molar-refractivity contribution < 1.29 is 42.7 Å². The molecule has 0 unspecified atom stereocenters. The van der Waals surface area contributed by atoms with Crippen molar-refractivity contribution in [3.8, 4) is 0 Å². The first-order valence-electron chi connectivity index (χ1n) is 44.0. The number of amidine groups is 4. The first kappa shape index (κ1) is 105. The van der Waals surface area contributed by atoms with Crippen LogP contribution in [0.1, 0.15) is 137 Å². The van der Waals surface area contributed by atoms with Crippen LogP contribution >= 0.6 is 92.8 Å². The summed E-state index contributed by atoms with van der Waals surface area (Å²) < 4.78 is 14.6. The third-order valence-electron chi connectivity index (χ3n) is 22.4. The lowest BCUT2D eigenvalue weighted by Crippen LogP contribution is -2.35. The maximum Gasteiger partial charge on any atom is 0.258 e. The van der Waals surface area contributed by atoms with Crippen molar-refractivity contribution in [1.29, 1.82) is 16.2 Å². The molecule has 12 aromatic carbocycles. The number of hydrogen-bond donors (Lipinski definition) is 11. The summed E-state index contributed by atoms with van der Waals surface area (Å²) in [4.78, 5) is 122. The zero-order valence-electron chi connectivity index (χ0n) is 77.6. The first-order valence-corrected chi connectivity index (χ1v) is 47.0. The van der Waals surface area contributed by atoms with Crippen molar-refractivity contribution in [2.75, 3.05) is 160 Å². The highest BCUT2D eigenvalue weighted by Crippen LogP contribution is 2.39. The number of piperidine rings is 1. The number of nitrogens with zero attached hydrogens (tertiary/aromatic N) is 8. The van der Waals surface area contributed by atoms with Gasteiger partial charge in [-0.3, -0.25) is 59.6 Å². The number of anilines is 11. The molecule has 8 amide bonds. The van der Waals surface area contributed by atoms with Gasteiger partial charge in [-0.05, 0) is 232 Å². The van der Waals surface area contributed by atoms with Crippen LogP contribution in [0.4, 0.5) is 67.0 Å². The van der Waals surface area contributed by atoms with Crippen LogP contribution in [0.3, 0.4) is 0 Å². The molecular formula is C104H100Cl8FN19O8. The number of nitrogens with one attached hydrogen (secondary N) is 11. The van der Waals surface area contributed by atoms with E-state index in [0.717, 1.165) is 93.5 Å². The van der Waals surface area contributed by atoms with Crippen LogP contribution in [0.5, 0.6) is 0 Å². The van der Waals surface area contributed by atoms with Crippen molar-refractivity contribution in [2.24, 2.45) is 4.99 Å². The number of likely N-dealkylation sites (tertiary alicyclic amines) is 2. The maximum absolute atomic E-state index is 14.6. The smallest absolute Gasteiger partial charge is 0.258 e. The second kappa shape index (κ2) is 48.5. The lowest BCUT2D eigenvalue weighted by atomic mass is 10.1. The van der Waals surface area contributed by atoms with E-state index in [9.17, 15) is 42.7 Å². The Hall–Kier alpha value is -14.1. The third-order valence-corrected chi connectivity index (χ3v) is 24.3. The Morgan fingerprint density at radius 1 is 0.307 bits per heavy atom. The Morgan fingerprint density at radius 3 is 0.929 bits per heavy atom. The van der Waals surface area contributed by atoms with Crippen LogP contribution < -0.4 is 57.2 Å². The molecule has 27 nitrogen and oxygen atoms in total. The molecule has 15 rings (SSSR count). The number of amides is 8. The average Bonchev–Trinajstić information content (AvgIpc) is 0.875. The van der Waals surface area contributed by atoms with Gasteiger partial charge in [0, 0.05) is 198 Å². The highest BCUT2D eigenvalue weighted by atomic mass is 35.5. The van der Waals surface area contributed by atoms with Crippen molar-refractivity contribution in [3.63, 3.8) is 0 Å². The van der Waals surface area contributed by atoms with Gasteiger partial charge >= 0.3 is 0 Å². The number of benzene rings is 12. The largest absolute Gasteiger partial charge is 0.376 e. The summed E-state index contributed by atoms with van der Waals surface area (Å²) in [6.45, 7) is 5.16. The molecule has 0 aliphatic carbocycles. The number of hydrogen-bond acceptors (Lipinski definition) is 16. The summed E-state index contributed by atoms with van der Waals surface area (Å²) in [5, 5.41) is 50.9. The molecule has 11 N–H and O–H groups in total. The third kappa shape index (κ3) is 27.9. The minimum atomic E-state index is -0.785. The molecule has 0 atom stereocenters. The van der Waals surface area contributed by atoms with E-state index in [1.807, 2.05) is 52.3 Å². The van der Waals surface area contributed by atoms with E-state index in [-0.39, 0.29) is 57.1 Å². The maximum atomic E-state index is 14.6. The van der Waals surface area contributed by atoms with Crippen LogP contribution in [0.15, 0.2) is 248 Å². The molecule has 2 fully saturated rings. The van der Waals surface area contributed by atoms with E-state index < -0.39 is 35.4 Å². The summed E-state index contributed by atoms with van der Waals surface area (Å²) in [6.07, 6.45) is 5.55. The molecule has 722 valence electrons. The molecule has 36 heteroatoms. The van der Waals surface area contributed by atoms with Gasteiger partial charge in [-0.15, -0.1) is 0 Å². The van der Waals surface area contributed by atoms with E-state index >= 15 is 0 Å². The number of aliphatic imine (C=N–C) groups is 1. The Bertz CT molecular complexity index is 6670. The fourth-order valence-electron chi connectivity index (χ4n) is 15.0. The van der Waals surface area contributed by atoms with E-state index in [1.54, 1.807) is 219 Å². The number of rotatable bonds is 23. The van der Waals surface area contributed by atoms with Gasteiger partial charge in [-0.25, -0.2) is 4.39 Å². The Balaban J connectivity index is 0.000000167. The van der Waals surface area contributed by atoms with Crippen molar-refractivity contribution >= 4 is 226 Å². The molecule has 0 radical (unpaired) electrons. The summed E-state index contributed by atoms with van der Waals surface area (Å²) in [5.41, 5.74) is 9.84. The van der Waals surface area contributed by atoms with Gasteiger partial charge in [0.05, 0.1) is 74.2 Å². The van der Waals surface area contributed by atoms with E-state index in [4.69, 9.17) is 109 Å². The number of likely N-dealkylation sites (N-methyl/N-ethyl adjacent to an activating group) is 1. The molecule has 140 heavy (non-hydrogen) atoms. The van der Waals surface area contributed by atoms with Crippen LogP contribution in [-0.2, 0) is 0 Å². The predicted molar refractivity (Wildman–Crippen MR) is 568 cm³/mol. The minimum absolute atomic E-state index is 0.104. The van der Waals surface area contributed by atoms with E-state index in [1.165, 1.54) is 59.9 Å². The summed E-state index contributed by atoms with van der Waals surface area (Å²) in [5.74, 6) is -2.44. The van der Waals surface area contributed by atoms with Gasteiger partial charge < -0.3 is 76.8 Å². The number of carbonyl (C=O) groups excluding carboxylic acids is 8. The average molecular weight is 2050 g/mol. The van der Waals surface area contributed by atoms with Crippen LogP contribution in [0.2, 0.25) is 40.2 Å². The topological polar surface area (TPSA) is 339 Å². The fourth-order valence-corrected chi connectivity index (χ4v) is 16.3. The van der Waals surface area contributed by atoms with Crippen LogP contribution in [0, 0.1) is 22.0 Å². The molecule has 3 aliphatic rings. The molecule has 3 heterocycles. The van der Waals surface area contributed by atoms with Crippen molar-refractivity contribution in [2.45, 2.75) is 32.1 Å². The second-order valence-electron chi connectivity index (χ2n) is 33.3. The van der Waals surface area contributed by atoms with Crippen LogP contribution in [-0.4, -0.2) is 193 Å². The summed E-state index contributed by atoms with van der Waals surface area (Å²) >= 11 is 48.7. The van der Waals surface area contributed by atoms with E-state index in [0.29, 0.717) is 131 Å². The zero-order valence-corrected chi connectivity index (χ0v) is 83.7. The Labute approximate surface area is 850 Å². The predicted octanol–water partition coefficient (Wildman–Crippen LogP) is 23.1. The molecular weight excluding hydrogens is 1950 g/mol. The minimum Gasteiger partial charge on any atom is -0.376 e. The zero-order chi connectivity index (χ0) is 101. The van der Waals surface area contributed by atoms with Gasteiger partial charge in [-0.2, -0.15) is 0 Å². The van der Waals surface area contributed by atoms with Crippen LogP contribution in [0.25, 0.3) is 0 Å². The van der Waals surface area contributed by atoms with Crippen molar-refractivity contribution in [1.82, 2.24) is 19.6 Å². The fraction of sp³-hybridized carbons (Fsp3) is 0.192. The number of halogens is 9. The molecule has 0 aromatic heterocycles. The monoisotopic (exact) mass is 2040 g/mol. The van der Waals surface area contributed by atoms with Gasteiger partial charge in [-0.1, -0.05) is 135 Å². The molecule has 0 spiro atoms. The Kier molecular flexibility index (Phi) is 36.3. The molecule has 3 aliphatic heterocycles. The first-order chi connectivity index (χ1) is 66.8. The SMILES string of the molecule is CN(C)C(=N)c1ccc(C(=O)Nc2ccc(Cl)cc2C(=O)Nc2ccc(Cl)cc2)c(F)c1.CN(C)c1cc(Cl)cc(C(=O)Nc2ccc(Cl)cc2)c1NC(=O)c1ccc(C(=N)N2CCCC2)cc1.CN(C)c1cc(Cl)cc(C(=O)Nc2ccc(Cl)cc2)c1NC(=O)c1ccc(C(=N)N2CCCCC2)cc1.CN1CCN=C1c1ccc(C(=O)Nc2c(C(=O)Nc3ccc(Cl)cc3)cc(Cl)cc2N(C)C)cc1. The molecule has 2 saturated heterocycles. The van der Waals surface area contributed by atoms with Gasteiger partial charge in [0.2, 0.25) is 0 Å². The highest BCUT2D eigenvalue weighted by Gasteiger charge is 2.29. The molecule has 12 aromatic rings. The molecule has 0 saturated carbocycles. The normalized spacial score (nSPS) is 12.4. The Morgan fingerprint density at radius 2 is 0.607 bits per heavy atom. The summed E-state index contributed by atoms with van der Waals surface area (Å²) in [6, 6.07) is 65.8. The number of carbonyl (C=O) groups is 8. The highest BCUT2D eigenvalue weighted by molar-refractivity contribution is 6.35. The molecule has 0 bridgehead atoms. The lowest BCUT2D eigenvalue weighted by molar-refractivity contribution is 0.100. The lowest BCUT2D eigenvalue weighted by Gasteiger charge is -2.29. The summed E-state index contributed by atoms with van der Waals surface area (Å²) in [7, 11) is 16.2.